The summed E-state index contributed by atoms with van der Waals surface area (Å²) in [6, 6.07) is 6.79. The molecule has 0 aromatic heterocycles. The third kappa shape index (κ3) is 3.00. The van der Waals surface area contributed by atoms with Crippen molar-refractivity contribution in [2.45, 2.75) is 37.4 Å². The van der Waals surface area contributed by atoms with Gasteiger partial charge in [-0.15, -0.1) is 6.58 Å². The van der Waals surface area contributed by atoms with E-state index in [0.717, 1.165) is 18.5 Å². The number of halogens is 3. The fourth-order valence-electron chi connectivity index (χ4n) is 2.24. The Labute approximate surface area is 111 Å². The second-order valence-corrected chi connectivity index (χ2v) is 5.03. The Morgan fingerprint density at radius 2 is 1.84 bits per heavy atom. The lowest BCUT2D eigenvalue weighted by atomic mass is 9.94. The number of benzene rings is 1. The molecule has 0 atom stereocenters. The van der Waals surface area contributed by atoms with Gasteiger partial charge in [-0.1, -0.05) is 30.3 Å². The van der Waals surface area contributed by atoms with Gasteiger partial charge < -0.3 is 5.32 Å². The van der Waals surface area contributed by atoms with Crippen molar-refractivity contribution in [2.24, 2.45) is 0 Å². The van der Waals surface area contributed by atoms with E-state index in [1.165, 1.54) is 0 Å². The molecule has 4 heteroatoms. The van der Waals surface area contributed by atoms with Crippen molar-refractivity contribution in [1.82, 2.24) is 5.32 Å². The molecular formula is C15H18F3N. The fraction of sp³-hybridized carbons (Fsp3) is 0.467. The van der Waals surface area contributed by atoms with Crippen molar-refractivity contribution in [1.29, 1.82) is 0 Å². The van der Waals surface area contributed by atoms with Gasteiger partial charge in [0.2, 0.25) is 0 Å². The SMILES string of the molecule is C=CCCNCc1ccc(C2(C(F)(F)F)CC2)cc1. The topological polar surface area (TPSA) is 12.0 Å². The summed E-state index contributed by atoms with van der Waals surface area (Å²) in [4.78, 5) is 0. The lowest BCUT2D eigenvalue weighted by molar-refractivity contribution is -0.160. The molecule has 0 unspecified atom stereocenters. The van der Waals surface area contributed by atoms with Crippen LogP contribution in [0.2, 0.25) is 0 Å². The summed E-state index contributed by atoms with van der Waals surface area (Å²) >= 11 is 0. The molecule has 1 nitrogen and oxygen atoms in total. The molecule has 0 radical (unpaired) electrons. The second kappa shape index (κ2) is 5.37. The number of rotatable bonds is 6. The number of hydrogen-bond donors (Lipinski definition) is 1. The normalized spacial score (nSPS) is 17.2. The summed E-state index contributed by atoms with van der Waals surface area (Å²) in [7, 11) is 0. The first-order valence-electron chi connectivity index (χ1n) is 6.47. The zero-order valence-corrected chi connectivity index (χ0v) is 10.8. The molecule has 1 saturated carbocycles. The highest BCUT2D eigenvalue weighted by Crippen LogP contribution is 2.58. The number of alkyl halides is 3. The minimum absolute atomic E-state index is 0.216. The third-order valence-electron chi connectivity index (χ3n) is 3.65. The summed E-state index contributed by atoms with van der Waals surface area (Å²) in [6.07, 6.45) is -0.983. The molecule has 0 bridgehead atoms. The van der Waals surface area contributed by atoms with Crippen molar-refractivity contribution in [3.8, 4) is 0 Å². The van der Waals surface area contributed by atoms with Crippen LogP contribution in [0.5, 0.6) is 0 Å². The van der Waals surface area contributed by atoms with E-state index in [1.54, 1.807) is 24.3 Å². The molecule has 104 valence electrons. The average molecular weight is 269 g/mol. The third-order valence-corrected chi connectivity index (χ3v) is 3.65. The maximum absolute atomic E-state index is 12.9. The van der Waals surface area contributed by atoms with E-state index in [4.69, 9.17) is 0 Å². The number of hydrogen-bond acceptors (Lipinski definition) is 1. The molecule has 19 heavy (non-hydrogen) atoms. The first kappa shape index (κ1) is 14.1. The lowest BCUT2D eigenvalue weighted by Gasteiger charge is -2.19. The smallest absolute Gasteiger partial charge is 0.312 e. The summed E-state index contributed by atoms with van der Waals surface area (Å²) in [5.41, 5.74) is -0.164. The molecule has 2 rings (SSSR count). The Morgan fingerprint density at radius 3 is 2.32 bits per heavy atom. The second-order valence-electron chi connectivity index (χ2n) is 5.03. The van der Waals surface area contributed by atoms with E-state index in [1.807, 2.05) is 6.08 Å². The summed E-state index contributed by atoms with van der Waals surface area (Å²) in [5.74, 6) is 0. The molecule has 1 fully saturated rings. The van der Waals surface area contributed by atoms with E-state index in [9.17, 15) is 13.2 Å². The van der Waals surface area contributed by atoms with Crippen LogP contribution >= 0.6 is 0 Å². The van der Waals surface area contributed by atoms with Crippen LogP contribution in [0.1, 0.15) is 30.4 Å². The van der Waals surface area contributed by atoms with Crippen LogP contribution in [0.15, 0.2) is 36.9 Å². The van der Waals surface area contributed by atoms with Crippen LogP contribution in [0.3, 0.4) is 0 Å². The number of nitrogens with one attached hydrogen (secondary N) is 1. The van der Waals surface area contributed by atoms with E-state index in [-0.39, 0.29) is 12.8 Å². The van der Waals surface area contributed by atoms with Crippen LogP contribution < -0.4 is 5.32 Å². The molecule has 1 aromatic rings. The Hall–Kier alpha value is -1.29. The van der Waals surface area contributed by atoms with Gasteiger partial charge in [0, 0.05) is 6.54 Å². The highest BCUT2D eigenvalue weighted by molar-refractivity contribution is 5.35. The predicted molar refractivity (Wildman–Crippen MR) is 69.9 cm³/mol. The molecule has 1 aliphatic carbocycles. The van der Waals surface area contributed by atoms with Crippen LogP contribution in [0, 0.1) is 0 Å². The monoisotopic (exact) mass is 269 g/mol. The molecule has 1 aromatic carbocycles. The first-order chi connectivity index (χ1) is 8.99. The molecule has 0 heterocycles. The Morgan fingerprint density at radius 1 is 1.21 bits per heavy atom. The zero-order chi connectivity index (χ0) is 13.9. The van der Waals surface area contributed by atoms with Gasteiger partial charge in [0.1, 0.15) is 0 Å². The van der Waals surface area contributed by atoms with Gasteiger partial charge in [0.05, 0.1) is 5.41 Å². The standard InChI is InChI=1S/C15H18F3N/c1-2-3-10-19-11-12-4-6-13(7-5-12)14(8-9-14)15(16,17)18/h2,4-7,19H,1,3,8-11H2. The molecule has 0 aliphatic heterocycles. The van der Waals surface area contributed by atoms with Crippen LogP contribution in [-0.4, -0.2) is 12.7 Å². The molecule has 0 saturated heterocycles. The van der Waals surface area contributed by atoms with Crippen molar-refractivity contribution >= 4 is 0 Å². The molecule has 1 aliphatic rings. The van der Waals surface area contributed by atoms with E-state index < -0.39 is 11.6 Å². The van der Waals surface area contributed by atoms with Gasteiger partial charge in [0.15, 0.2) is 0 Å². The van der Waals surface area contributed by atoms with E-state index >= 15 is 0 Å². The maximum atomic E-state index is 12.9. The largest absolute Gasteiger partial charge is 0.398 e. The molecule has 0 amide bonds. The van der Waals surface area contributed by atoms with Crippen molar-refractivity contribution in [3.05, 3.63) is 48.0 Å². The average Bonchev–Trinajstić information content (AvgIpc) is 3.16. The van der Waals surface area contributed by atoms with Crippen LogP contribution in [0.4, 0.5) is 13.2 Å². The van der Waals surface area contributed by atoms with Crippen molar-refractivity contribution < 1.29 is 13.2 Å². The van der Waals surface area contributed by atoms with Crippen molar-refractivity contribution in [3.63, 3.8) is 0 Å². The predicted octanol–water partition coefficient (Wildman–Crippen LogP) is 3.95. The highest BCUT2D eigenvalue weighted by atomic mass is 19.4. The minimum atomic E-state index is -4.13. The molecular weight excluding hydrogens is 251 g/mol. The lowest BCUT2D eigenvalue weighted by Crippen LogP contribution is -2.28. The Balaban J connectivity index is 1.97. The van der Waals surface area contributed by atoms with Gasteiger partial charge in [-0.05, 0) is 36.9 Å². The Kier molecular flexibility index (Phi) is 3.99. The quantitative estimate of drug-likeness (QED) is 0.609. The van der Waals surface area contributed by atoms with Gasteiger partial charge in [0.25, 0.3) is 0 Å². The van der Waals surface area contributed by atoms with Gasteiger partial charge >= 0.3 is 6.18 Å². The summed E-state index contributed by atoms with van der Waals surface area (Å²) in [5, 5.41) is 3.21. The summed E-state index contributed by atoms with van der Waals surface area (Å²) < 4.78 is 38.8. The van der Waals surface area contributed by atoms with Crippen molar-refractivity contribution in [2.75, 3.05) is 6.54 Å². The molecule has 1 N–H and O–H groups in total. The maximum Gasteiger partial charge on any atom is 0.398 e. The zero-order valence-electron chi connectivity index (χ0n) is 10.8. The minimum Gasteiger partial charge on any atom is -0.312 e. The fourth-order valence-corrected chi connectivity index (χ4v) is 2.24. The van der Waals surface area contributed by atoms with Gasteiger partial charge in [-0.25, -0.2) is 0 Å². The first-order valence-corrected chi connectivity index (χ1v) is 6.47. The van der Waals surface area contributed by atoms with E-state index in [0.29, 0.717) is 12.1 Å². The van der Waals surface area contributed by atoms with Gasteiger partial charge in [-0.3, -0.25) is 0 Å². The molecule has 0 spiro atoms. The van der Waals surface area contributed by atoms with Crippen LogP contribution in [0.25, 0.3) is 0 Å². The van der Waals surface area contributed by atoms with E-state index in [2.05, 4.69) is 11.9 Å². The van der Waals surface area contributed by atoms with Crippen LogP contribution in [-0.2, 0) is 12.0 Å². The Bertz CT molecular complexity index is 430. The summed E-state index contributed by atoms with van der Waals surface area (Å²) in [6.45, 7) is 5.13. The van der Waals surface area contributed by atoms with Gasteiger partial charge in [-0.2, -0.15) is 13.2 Å². The highest BCUT2D eigenvalue weighted by Gasteiger charge is 2.64.